The van der Waals surface area contributed by atoms with Crippen molar-refractivity contribution >= 4 is 11.6 Å². The summed E-state index contributed by atoms with van der Waals surface area (Å²) < 4.78 is 15.9. The van der Waals surface area contributed by atoms with Crippen molar-refractivity contribution in [2.45, 2.75) is 13.5 Å². The molecule has 0 aliphatic carbocycles. The number of carbonyl (C=O) groups excluding carboxylic acids is 1. The van der Waals surface area contributed by atoms with E-state index in [1.165, 1.54) is 0 Å². The van der Waals surface area contributed by atoms with E-state index >= 15 is 0 Å². The first-order valence-corrected chi connectivity index (χ1v) is 8.60. The molecule has 0 bridgehead atoms. The van der Waals surface area contributed by atoms with Gasteiger partial charge < -0.3 is 24.4 Å². The van der Waals surface area contributed by atoms with Crippen molar-refractivity contribution < 1.29 is 23.9 Å². The molecule has 2 aromatic rings. The van der Waals surface area contributed by atoms with Gasteiger partial charge in [-0.15, -0.1) is 0 Å². The second-order valence-electron chi connectivity index (χ2n) is 6.01. The van der Waals surface area contributed by atoms with E-state index in [-0.39, 0.29) is 5.91 Å². The van der Waals surface area contributed by atoms with Gasteiger partial charge in [-0.3, -0.25) is 4.79 Å². The van der Waals surface area contributed by atoms with E-state index in [0.29, 0.717) is 30.3 Å². The van der Waals surface area contributed by atoms with Gasteiger partial charge in [-0.2, -0.15) is 0 Å². The number of hydrogen-bond donors (Lipinski definition) is 2. The number of rotatable bonds is 9. The van der Waals surface area contributed by atoms with Crippen LogP contribution in [0.3, 0.4) is 0 Å². The molecule has 0 radical (unpaired) electrons. The van der Waals surface area contributed by atoms with Crippen molar-refractivity contribution in [3.63, 3.8) is 0 Å². The summed E-state index contributed by atoms with van der Waals surface area (Å²) in [7, 11) is 5.14. The first-order valence-electron chi connectivity index (χ1n) is 8.60. The average Bonchev–Trinajstić information content (AvgIpc) is 2.63. The van der Waals surface area contributed by atoms with Crippen molar-refractivity contribution in [2.24, 2.45) is 0 Å². The van der Waals surface area contributed by atoms with E-state index in [1.807, 2.05) is 38.2 Å². The fraction of sp³-hybridized carbons (Fsp3) is 0.350. The molecule has 140 valence electrons. The molecule has 2 N–H and O–H groups in total. The van der Waals surface area contributed by atoms with Gasteiger partial charge in [-0.1, -0.05) is 0 Å². The van der Waals surface area contributed by atoms with E-state index < -0.39 is 0 Å². The van der Waals surface area contributed by atoms with Crippen molar-refractivity contribution in [2.75, 3.05) is 39.7 Å². The molecule has 0 aromatic heterocycles. The van der Waals surface area contributed by atoms with Crippen molar-refractivity contribution in [1.82, 2.24) is 0 Å². The Hall–Kier alpha value is -2.73. The van der Waals surface area contributed by atoms with E-state index in [0.717, 1.165) is 22.8 Å². The molecule has 6 nitrogen and oxygen atoms in total. The largest absolute Gasteiger partial charge is 0.494 e. The lowest BCUT2D eigenvalue weighted by Crippen LogP contribution is -3.08. The number of carbonyl (C=O) groups is 1. The Bertz CT molecular complexity index is 716. The third-order valence-corrected chi connectivity index (χ3v) is 3.87. The Morgan fingerprint density at radius 2 is 1.73 bits per heavy atom. The maximum absolute atomic E-state index is 12.3. The smallest absolute Gasteiger partial charge is 0.279 e. The summed E-state index contributed by atoms with van der Waals surface area (Å²) in [4.78, 5) is 13.4. The molecule has 0 aliphatic heterocycles. The summed E-state index contributed by atoms with van der Waals surface area (Å²) in [6.07, 6.45) is 0. The van der Waals surface area contributed by atoms with Crippen molar-refractivity contribution in [3.8, 4) is 17.2 Å². The maximum atomic E-state index is 12.3. The van der Waals surface area contributed by atoms with E-state index in [4.69, 9.17) is 14.2 Å². The van der Waals surface area contributed by atoms with Crippen LogP contribution in [0.2, 0.25) is 0 Å². The molecule has 0 aliphatic rings. The first-order chi connectivity index (χ1) is 12.5. The lowest BCUT2D eigenvalue weighted by molar-refractivity contribution is -0.885. The summed E-state index contributed by atoms with van der Waals surface area (Å²) in [6, 6.07) is 13.3. The predicted molar refractivity (Wildman–Crippen MR) is 101 cm³/mol. The monoisotopic (exact) mass is 359 g/mol. The zero-order valence-corrected chi connectivity index (χ0v) is 15.8. The normalized spacial score (nSPS) is 11.5. The van der Waals surface area contributed by atoms with Gasteiger partial charge >= 0.3 is 0 Å². The highest BCUT2D eigenvalue weighted by Gasteiger charge is 2.12. The van der Waals surface area contributed by atoms with Crippen LogP contribution < -0.4 is 24.4 Å². The number of hydrogen-bond acceptors (Lipinski definition) is 4. The summed E-state index contributed by atoms with van der Waals surface area (Å²) in [6.45, 7) is 3.73. The molecule has 2 aromatic carbocycles. The van der Waals surface area contributed by atoms with Gasteiger partial charge in [-0.25, -0.2) is 0 Å². The number of quaternary nitrogens is 1. The summed E-state index contributed by atoms with van der Waals surface area (Å²) in [5.41, 5.74) is 1.84. The molecule has 0 saturated carbocycles. The summed E-state index contributed by atoms with van der Waals surface area (Å²) in [5.74, 6) is 2.02. The van der Waals surface area contributed by atoms with Gasteiger partial charge in [0.25, 0.3) is 5.91 Å². The van der Waals surface area contributed by atoms with Crippen LogP contribution in [0.5, 0.6) is 17.2 Å². The quantitative estimate of drug-likeness (QED) is 0.716. The Morgan fingerprint density at radius 3 is 2.35 bits per heavy atom. The standard InChI is InChI=1S/C20H26N2O4/c1-5-26-17-9-6-15(7-10-17)13-22(2)14-20(23)21-16-8-11-18(24-3)19(12-16)25-4/h6-12H,5,13-14H2,1-4H3,(H,21,23)/p+1. The number of nitrogens with one attached hydrogen (secondary N) is 2. The SMILES string of the molecule is CCOc1ccc(C[NH+](C)CC(=O)Nc2ccc(OC)c(OC)c2)cc1. The van der Waals surface area contributed by atoms with Crippen LogP contribution in [0.25, 0.3) is 0 Å². The molecular formula is C20H27N2O4+. The average molecular weight is 359 g/mol. The highest BCUT2D eigenvalue weighted by atomic mass is 16.5. The van der Waals surface area contributed by atoms with Gasteiger partial charge in [0.15, 0.2) is 18.0 Å². The van der Waals surface area contributed by atoms with Crippen LogP contribution in [-0.4, -0.2) is 40.3 Å². The van der Waals surface area contributed by atoms with Crippen LogP contribution in [0, 0.1) is 0 Å². The van der Waals surface area contributed by atoms with Crippen LogP contribution in [0.4, 0.5) is 5.69 Å². The fourth-order valence-electron chi connectivity index (χ4n) is 2.67. The van der Waals surface area contributed by atoms with Gasteiger partial charge in [0.1, 0.15) is 12.3 Å². The van der Waals surface area contributed by atoms with Gasteiger partial charge in [0, 0.05) is 17.3 Å². The van der Waals surface area contributed by atoms with E-state index in [2.05, 4.69) is 5.32 Å². The number of methoxy groups -OCH3 is 2. The van der Waals surface area contributed by atoms with Crippen LogP contribution >= 0.6 is 0 Å². The number of anilines is 1. The molecule has 1 atom stereocenters. The van der Waals surface area contributed by atoms with Gasteiger partial charge in [-0.05, 0) is 43.3 Å². The second-order valence-corrected chi connectivity index (χ2v) is 6.01. The zero-order chi connectivity index (χ0) is 18.9. The third kappa shape index (κ3) is 5.67. The number of likely N-dealkylation sites (N-methyl/N-ethyl adjacent to an activating group) is 1. The van der Waals surface area contributed by atoms with Crippen LogP contribution in [0.15, 0.2) is 42.5 Å². The Labute approximate surface area is 154 Å². The molecule has 2 rings (SSSR count). The zero-order valence-electron chi connectivity index (χ0n) is 15.8. The Morgan fingerprint density at radius 1 is 1.04 bits per heavy atom. The molecule has 0 fully saturated rings. The lowest BCUT2D eigenvalue weighted by atomic mass is 10.2. The topological polar surface area (TPSA) is 61.2 Å². The van der Waals surface area contributed by atoms with Crippen LogP contribution in [0.1, 0.15) is 12.5 Å². The molecular weight excluding hydrogens is 332 g/mol. The minimum absolute atomic E-state index is 0.0549. The molecule has 0 heterocycles. The second kappa shape index (κ2) is 9.68. The predicted octanol–water partition coefficient (Wildman–Crippen LogP) is 1.76. The summed E-state index contributed by atoms with van der Waals surface area (Å²) in [5, 5.41) is 2.90. The van der Waals surface area contributed by atoms with Gasteiger partial charge in [0.05, 0.1) is 27.9 Å². The highest BCUT2D eigenvalue weighted by Crippen LogP contribution is 2.29. The van der Waals surface area contributed by atoms with E-state index in [9.17, 15) is 4.79 Å². The first kappa shape index (κ1) is 19.6. The lowest BCUT2D eigenvalue weighted by Gasteiger charge is -2.15. The van der Waals surface area contributed by atoms with E-state index in [1.54, 1.807) is 32.4 Å². The Balaban J connectivity index is 1.88. The number of ether oxygens (including phenoxy) is 3. The minimum atomic E-state index is -0.0549. The third-order valence-electron chi connectivity index (χ3n) is 3.87. The fourth-order valence-corrected chi connectivity index (χ4v) is 2.67. The summed E-state index contributed by atoms with van der Waals surface area (Å²) >= 11 is 0. The molecule has 0 spiro atoms. The molecule has 1 amide bonds. The Kier molecular flexibility index (Phi) is 7.29. The molecule has 26 heavy (non-hydrogen) atoms. The molecule has 0 saturated heterocycles. The van der Waals surface area contributed by atoms with Crippen LogP contribution in [-0.2, 0) is 11.3 Å². The number of benzene rings is 2. The molecule has 6 heteroatoms. The minimum Gasteiger partial charge on any atom is -0.494 e. The highest BCUT2D eigenvalue weighted by molar-refractivity contribution is 5.91. The van der Waals surface area contributed by atoms with Gasteiger partial charge in [0.2, 0.25) is 0 Å². The van der Waals surface area contributed by atoms with Crippen molar-refractivity contribution in [1.29, 1.82) is 0 Å². The maximum Gasteiger partial charge on any atom is 0.279 e. The molecule has 1 unspecified atom stereocenters. The van der Waals surface area contributed by atoms with Crippen molar-refractivity contribution in [3.05, 3.63) is 48.0 Å². The number of amides is 1.